The Morgan fingerprint density at radius 2 is 2.15 bits per heavy atom. The van der Waals surface area contributed by atoms with Crippen LogP contribution in [0.25, 0.3) is 0 Å². The van der Waals surface area contributed by atoms with Crippen LogP contribution in [0.5, 0.6) is 0 Å². The molecule has 0 aromatic heterocycles. The highest BCUT2D eigenvalue weighted by atomic mass is 16.3. The Balaban J connectivity index is 2.83. The second kappa shape index (κ2) is 7.87. The third kappa shape index (κ3) is 4.51. The first-order chi connectivity index (χ1) is 9.49. The van der Waals surface area contributed by atoms with Crippen molar-refractivity contribution in [2.24, 2.45) is 5.92 Å². The van der Waals surface area contributed by atoms with E-state index in [1.807, 2.05) is 31.7 Å². The zero-order valence-corrected chi connectivity index (χ0v) is 12.5. The van der Waals surface area contributed by atoms with Gasteiger partial charge in [0.15, 0.2) is 0 Å². The van der Waals surface area contributed by atoms with Gasteiger partial charge in [0.1, 0.15) is 0 Å². The lowest BCUT2D eigenvalue weighted by Gasteiger charge is -2.32. The Morgan fingerprint density at radius 1 is 1.45 bits per heavy atom. The predicted molar refractivity (Wildman–Crippen MR) is 82.4 cm³/mol. The number of likely N-dealkylation sites (N-methyl/N-ethyl adjacent to an activating group) is 1. The molecule has 1 amide bonds. The summed E-state index contributed by atoms with van der Waals surface area (Å²) in [7, 11) is 0. The summed E-state index contributed by atoms with van der Waals surface area (Å²) in [5.41, 5.74) is 7.02. The largest absolute Gasteiger partial charge is 0.399 e. The average molecular weight is 279 g/mol. The van der Waals surface area contributed by atoms with E-state index in [-0.39, 0.29) is 24.5 Å². The summed E-state index contributed by atoms with van der Waals surface area (Å²) in [6.45, 7) is 7.24. The molecule has 1 aromatic carbocycles. The molecular weight excluding hydrogens is 254 g/mol. The molecule has 0 radical (unpaired) electrons. The normalized spacial score (nSPS) is 12.7. The number of amides is 1. The van der Waals surface area contributed by atoms with Gasteiger partial charge >= 0.3 is 0 Å². The zero-order valence-electron chi connectivity index (χ0n) is 12.5. The summed E-state index contributed by atoms with van der Waals surface area (Å²) < 4.78 is 0. The number of benzene rings is 1. The van der Waals surface area contributed by atoms with Crippen LogP contribution >= 0.6 is 0 Å². The molecule has 4 N–H and O–H groups in total. The van der Waals surface area contributed by atoms with Gasteiger partial charge in [-0.1, -0.05) is 26.8 Å². The van der Waals surface area contributed by atoms with Crippen molar-refractivity contribution >= 4 is 17.3 Å². The molecule has 0 aliphatic rings. The van der Waals surface area contributed by atoms with Gasteiger partial charge in [0.05, 0.1) is 12.6 Å². The predicted octanol–water partition coefficient (Wildman–Crippen LogP) is 1.55. The van der Waals surface area contributed by atoms with Crippen LogP contribution in [0.3, 0.4) is 0 Å². The highest BCUT2D eigenvalue weighted by molar-refractivity contribution is 5.95. The molecule has 0 fully saturated rings. The lowest BCUT2D eigenvalue weighted by Crippen LogP contribution is -2.48. The third-order valence-corrected chi connectivity index (χ3v) is 3.24. The minimum atomic E-state index is -0.270. The number of carbonyl (C=O) groups is 1. The van der Waals surface area contributed by atoms with E-state index in [2.05, 4.69) is 5.32 Å². The van der Waals surface area contributed by atoms with E-state index in [1.54, 1.807) is 18.2 Å². The Morgan fingerprint density at radius 3 is 2.65 bits per heavy atom. The van der Waals surface area contributed by atoms with E-state index in [9.17, 15) is 4.79 Å². The molecule has 0 heterocycles. The van der Waals surface area contributed by atoms with E-state index in [1.165, 1.54) is 0 Å². The topological polar surface area (TPSA) is 78.6 Å². The second-order valence-electron chi connectivity index (χ2n) is 5.16. The number of nitrogens with zero attached hydrogens (tertiary/aromatic N) is 1. The maximum atomic E-state index is 12.5. The lowest BCUT2D eigenvalue weighted by atomic mass is 10.0. The molecule has 0 aliphatic heterocycles. The number of carbonyl (C=O) groups excluding carboxylic acids is 1. The molecular formula is C15H25N3O2. The smallest absolute Gasteiger partial charge is 0.241 e. The van der Waals surface area contributed by atoms with Crippen LogP contribution in [0.4, 0.5) is 11.4 Å². The quantitative estimate of drug-likeness (QED) is 0.662. The first kappa shape index (κ1) is 16.5. The molecule has 0 saturated carbocycles. The fourth-order valence-corrected chi connectivity index (χ4v) is 2.35. The van der Waals surface area contributed by atoms with Crippen molar-refractivity contribution in [2.75, 3.05) is 30.7 Å². The van der Waals surface area contributed by atoms with Crippen LogP contribution in [-0.4, -0.2) is 41.7 Å². The monoisotopic (exact) mass is 279 g/mol. The lowest BCUT2D eigenvalue weighted by molar-refractivity contribution is -0.122. The van der Waals surface area contributed by atoms with Crippen LogP contribution < -0.4 is 11.1 Å². The van der Waals surface area contributed by atoms with Crippen molar-refractivity contribution in [2.45, 2.75) is 26.8 Å². The Kier molecular flexibility index (Phi) is 6.48. The van der Waals surface area contributed by atoms with Gasteiger partial charge in [-0.15, -0.1) is 0 Å². The van der Waals surface area contributed by atoms with Crippen molar-refractivity contribution in [3.8, 4) is 0 Å². The van der Waals surface area contributed by atoms with Crippen LogP contribution in [0.15, 0.2) is 24.3 Å². The van der Waals surface area contributed by atoms with Crippen molar-refractivity contribution in [1.82, 2.24) is 4.90 Å². The summed E-state index contributed by atoms with van der Waals surface area (Å²) >= 11 is 0. The number of aliphatic hydroxyl groups is 1. The molecule has 20 heavy (non-hydrogen) atoms. The molecule has 0 spiro atoms. The van der Waals surface area contributed by atoms with Crippen LogP contribution in [0.2, 0.25) is 0 Å². The van der Waals surface area contributed by atoms with Crippen LogP contribution in [-0.2, 0) is 4.79 Å². The minimum absolute atomic E-state index is 0.0443. The van der Waals surface area contributed by atoms with Gasteiger partial charge in [-0.05, 0) is 30.7 Å². The minimum Gasteiger partial charge on any atom is -0.399 e. The SMILES string of the molecule is CCN(CCO)C(C(=O)Nc1cccc(N)c1)C(C)C. The summed E-state index contributed by atoms with van der Waals surface area (Å²) in [5.74, 6) is 0.0865. The molecule has 0 bridgehead atoms. The first-order valence-corrected chi connectivity index (χ1v) is 7.00. The van der Waals surface area contributed by atoms with E-state index in [4.69, 9.17) is 10.8 Å². The Bertz CT molecular complexity index is 435. The molecule has 5 nitrogen and oxygen atoms in total. The van der Waals surface area contributed by atoms with E-state index >= 15 is 0 Å². The van der Waals surface area contributed by atoms with Gasteiger partial charge in [-0.3, -0.25) is 9.69 Å². The summed E-state index contributed by atoms with van der Waals surface area (Å²) in [4.78, 5) is 14.4. The number of rotatable bonds is 7. The number of anilines is 2. The zero-order chi connectivity index (χ0) is 15.1. The number of nitrogens with one attached hydrogen (secondary N) is 1. The molecule has 1 aromatic rings. The maximum Gasteiger partial charge on any atom is 0.241 e. The first-order valence-electron chi connectivity index (χ1n) is 7.00. The molecule has 1 rings (SSSR count). The fourth-order valence-electron chi connectivity index (χ4n) is 2.35. The number of nitrogen functional groups attached to an aromatic ring is 1. The van der Waals surface area contributed by atoms with Gasteiger partial charge in [-0.2, -0.15) is 0 Å². The highest BCUT2D eigenvalue weighted by Gasteiger charge is 2.27. The van der Waals surface area contributed by atoms with Gasteiger partial charge < -0.3 is 16.2 Å². The van der Waals surface area contributed by atoms with Gasteiger partial charge in [-0.25, -0.2) is 0 Å². The van der Waals surface area contributed by atoms with Crippen LogP contribution in [0.1, 0.15) is 20.8 Å². The van der Waals surface area contributed by atoms with Gasteiger partial charge in [0.2, 0.25) is 5.91 Å². The average Bonchev–Trinajstić information content (AvgIpc) is 2.37. The van der Waals surface area contributed by atoms with Crippen molar-refractivity contribution < 1.29 is 9.90 Å². The number of aliphatic hydroxyl groups excluding tert-OH is 1. The fraction of sp³-hybridized carbons (Fsp3) is 0.533. The van der Waals surface area contributed by atoms with E-state index in [0.29, 0.717) is 24.5 Å². The molecule has 5 heteroatoms. The molecule has 0 aliphatic carbocycles. The van der Waals surface area contributed by atoms with Gasteiger partial charge in [0, 0.05) is 17.9 Å². The highest BCUT2D eigenvalue weighted by Crippen LogP contribution is 2.16. The number of hydrogen-bond donors (Lipinski definition) is 3. The molecule has 0 saturated heterocycles. The molecule has 1 atom stereocenters. The maximum absolute atomic E-state index is 12.5. The van der Waals surface area contributed by atoms with E-state index in [0.717, 1.165) is 0 Å². The summed E-state index contributed by atoms with van der Waals surface area (Å²) in [5, 5.41) is 12.0. The molecule has 1 unspecified atom stereocenters. The summed E-state index contributed by atoms with van der Waals surface area (Å²) in [6.07, 6.45) is 0. The summed E-state index contributed by atoms with van der Waals surface area (Å²) in [6, 6.07) is 6.86. The number of hydrogen-bond acceptors (Lipinski definition) is 4. The van der Waals surface area contributed by atoms with E-state index < -0.39 is 0 Å². The van der Waals surface area contributed by atoms with Crippen molar-refractivity contribution in [1.29, 1.82) is 0 Å². The molecule has 112 valence electrons. The Hall–Kier alpha value is -1.59. The van der Waals surface area contributed by atoms with Gasteiger partial charge in [0.25, 0.3) is 0 Å². The second-order valence-corrected chi connectivity index (χ2v) is 5.16. The Labute approximate surface area is 120 Å². The third-order valence-electron chi connectivity index (χ3n) is 3.24. The van der Waals surface area contributed by atoms with Crippen molar-refractivity contribution in [3.63, 3.8) is 0 Å². The number of nitrogens with two attached hydrogens (primary N) is 1. The standard InChI is InChI=1S/C15H25N3O2/c1-4-18(8-9-19)14(11(2)3)15(20)17-13-7-5-6-12(16)10-13/h5-7,10-11,14,19H,4,8-9,16H2,1-3H3,(H,17,20). The van der Waals surface area contributed by atoms with Crippen LogP contribution in [0, 0.1) is 5.92 Å². The van der Waals surface area contributed by atoms with Crippen molar-refractivity contribution in [3.05, 3.63) is 24.3 Å².